The Kier molecular flexibility index (Phi) is 6.65. The number of amides is 1. The first-order valence-corrected chi connectivity index (χ1v) is 7.15. The Hall–Kier alpha value is -0.610. The minimum absolute atomic E-state index is 0.0177. The molecule has 1 heterocycles. The quantitative estimate of drug-likeness (QED) is 0.675. The maximum Gasteiger partial charge on any atom is 0.241 e. The second kappa shape index (κ2) is 7.74. The number of carbonyl (C=O) groups is 1. The van der Waals surface area contributed by atoms with Gasteiger partial charge in [-0.3, -0.25) is 10.1 Å². The van der Waals surface area contributed by atoms with Gasteiger partial charge >= 0.3 is 0 Å². The summed E-state index contributed by atoms with van der Waals surface area (Å²) in [6, 6.07) is 0.0177. The molecule has 1 aliphatic heterocycles. The Morgan fingerprint density at radius 2 is 2.17 bits per heavy atom. The van der Waals surface area contributed by atoms with Crippen molar-refractivity contribution in [3.05, 3.63) is 0 Å². The Labute approximate surface area is 111 Å². The first-order chi connectivity index (χ1) is 8.60. The van der Waals surface area contributed by atoms with E-state index in [0.29, 0.717) is 5.92 Å². The summed E-state index contributed by atoms with van der Waals surface area (Å²) in [5.74, 6) is 0.825. The zero-order chi connectivity index (χ0) is 13.5. The molecule has 0 spiro atoms. The van der Waals surface area contributed by atoms with Gasteiger partial charge < -0.3 is 9.64 Å². The fourth-order valence-electron chi connectivity index (χ4n) is 2.55. The highest BCUT2D eigenvalue weighted by Crippen LogP contribution is 2.20. The van der Waals surface area contributed by atoms with E-state index in [0.717, 1.165) is 38.8 Å². The highest BCUT2D eigenvalue weighted by Gasteiger charge is 2.37. The average molecular weight is 256 g/mol. The molecule has 1 saturated heterocycles. The minimum atomic E-state index is 0.0177. The molecule has 0 aliphatic carbocycles. The zero-order valence-electron chi connectivity index (χ0n) is 12.2. The highest BCUT2D eigenvalue weighted by molar-refractivity contribution is 5.84. The molecule has 18 heavy (non-hydrogen) atoms. The fourth-order valence-corrected chi connectivity index (χ4v) is 2.55. The Morgan fingerprint density at radius 1 is 1.44 bits per heavy atom. The van der Waals surface area contributed by atoms with E-state index in [1.165, 1.54) is 0 Å². The van der Waals surface area contributed by atoms with Crippen LogP contribution in [0.15, 0.2) is 0 Å². The summed E-state index contributed by atoms with van der Waals surface area (Å²) in [6.07, 6.45) is 4.20. The number of hydrogen-bond donors (Lipinski definition) is 1. The third kappa shape index (κ3) is 4.25. The van der Waals surface area contributed by atoms with Gasteiger partial charge in [0, 0.05) is 20.3 Å². The third-order valence-electron chi connectivity index (χ3n) is 3.37. The molecule has 1 fully saturated rings. The lowest BCUT2D eigenvalue weighted by Gasteiger charge is -2.23. The van der Waals surface area contributed by atoms with Gasteiger partial charge in [-0.1, -0.05) is 27.2 Å². The first kappa shape index (κ1) is 15.4. The van der Waals surface area contributed by atoms with Gasteiger partial charge in [0.1, 0.15) is 0 Å². The monoisotopic (exact) mass is 256 g/mol. The summed E-state index contributed by atoms with van der Waals surface area (Å²) in [5, 5.41) is 3.49. The second-order valence-electron chi connectivity index (χ2n) is 5.53. The number of carbonyl (C=O) groups excluding carboxylic acids is 1. The summed E-state index contributed by atoms with van der Waals surface area (Å²) < 4.78 is 5.07. The van der Waals surface area contributed by atoms with Crippen molar-refractivity contribution < 1.29 is 9.53 Å². The van der Waals surface area contributed by atoms with Crippen molar-refractivity contribution in [3.63, 3.8) is 0 Å². The maximum absolute atomic E-state index is 12.3. The summed E-state index contributed by atoms with van der Waals surface area (Å²) in [6.45, 7) is 8.01. The van der Waals surface area contributed by atoms with Crippen LogP contribution in [0, 0.1) is 5.92 Å². The fraction of sp³-hybridized carbons (Fsp3) is 0.929. The minimum Gasteiger partial charge on any atom is -0.385 e. The van der Waals surface area contributed by atoms with E-state index in [4.69, 9.17) is 4.74 Å². The summed E-state index contributed by atoms with van der Waals surface area (Å²) in [5.41, 5.74) is 0. The summed E-state index contributed by atoms with van der Waals surface area (Å²) in [7, 11) is 1.70. The molecule has 2 unspecified atom stereocenters. The second-order valence-corrected chi connectivity index (χ2v) is 5.53. The van der Waals surface area contributed by atoms with Crippen molar-refractivity contribution in [2.75, 3.05) is 20.3 Å². The largest absolute Gasteiger partial charge is 0.385 e. The van der Waals surface area contributed by atoms with E-state index < -0.39 is 0 Å². The van der Waals surface area contributed by atoms with Gasteiger partial charge in [0.05, 0.1) is 12.2 Å². The van der Waals surface area contributed by atoms with Crippen LogP contribution in [-0.2, 0) is 9.53 Å². The smallest absolute Gasteiger partial charge is 0.241 e. The molecule has 2 atom stereocenters. The highest BCUT2D eigenvalue weighted by atomic mass is 16.5. The maximum atomic E-state index is 12.3. The molecule has 0 bridgehead atoms. The van der Waals surface area contributed by atoms with Gasteiger partial charge in [0.25, 0.3) is 0 Å². The number of nitrogens with zero attached hydrogens (tertiary/aromatic N) is 1. The lowest BCUT2D eigenvalue weighted by atomic mass is 10.0. The van der Waals surface area contributed by atoms with E-state index >= 15 is 0 Å². The molecule has 0 radical (unpaired) electrons. The number of rotatable bonds is 8. The molecule has 1 rings (SSSR count). The van der Waals surface area contributed by atoms with Gasteiger partial charge in [-0.2, -0.15) is 0 Å². The van der Waals surface area contributed by atoms with Crippen LogP contribution in [0.2, 0.25) is 0 Å². The van der Waals surface area contributed by atoms with Crippen LogP contribution in [0.1, 0.15) is 46.5 Å². The van der Waals surface area contributed by atoms with Gasteiger partial charge in [-0.15, -0.1) is 0 Å². The third-order valence-corrected chi connectivity index (χ3v) is 3.37. The average Bonchev–Trinajstić information content (AvgIpc) is 2.58. The Bertz CT molecular complexity index is 256. The molecular weight excluding hydrogens is 228 g/mol. The van der Waals surface area contributed by atoms with Gasteiger partial charge in [-0.05, 0) is 25.2 Å². The van der Waals surface area contributed by atoms with E-state index in [1.54, 1.807) is 7.11 Å². The molecule has 0 aromatic rings. The number of nitrogens with one attached hydrogen (secondary N) is 1. The van der Waals surface area contributed by atoms with Crippen LogP contribution in [0.3, 0.4) is 0 Å². The van der Waals surface area contributed by atoms with Gasteiger partial charge in [-0.25, -0.2) is 0 Å². The number of hydrogen-bond acceptors (Lipinski definition) is 3. The molecule has 0 aromatic carbocycles. The van der Waals surface area contributed by atoms with Crippen molar-refractivity contribution in [1.29, 1.82) is 0 Å². The Morgan fingerprint density at radius 3 is 2.72 bits per heavy atom. The normalized spacial score (nSPS) is 24.3. The summed E-state index contributed by atoms with van der Waals surface area (Å²) in [4.78, 5) is 14.4. The predicted molar refractivity (Wildman–Crippen MR) is 73.3 cm³/mol. The van der Waals surface area contributed by atoms with Gasteiger partial charge in [0.2, 0.25) is 5.91 Å². The summed E-state index contributed by atoms with van der Waals surface area (Å²) >= 11 is 0. The van der Waals surface area contributed by atoms with Crippen molar-refractivity contribution in [1.82, 2.24) is 10.2 Å². The lowest BCUT2D eigenvalue weighted by molar-refractivity contribution is -0.130. The van der Waals surface area contributed by atoms with Crippen molar-refractivity contribution in [2.45, 2.75) is 58.7 Å². The van der Waals surface area contributed by atoms with E-state index in [-0.39, 0.29) is 18.1 Å². The molecule has 1 aliphatic rings. The first-order valence-electron chi connectivity index (χ1n) is 7.15. The van der Waals surface area contributed by atoms with Crippen LogP contribution in [0.5, 0.6) is 0 Å². The SMILES string of the molecule is CCCC1NC(CC(C)C)C(=O)N1CCCOC. The predicted octanol–water partition coefficient (Wildman–Crippen LogP) is 2.00. The van der Waals surface area contributed by atoms with Crippen LogP contribution >= 0.6 is 0 Å². The van der Waals surface area contributed by atoms with Crippen molar-refractivity contribution in [2.24, 2.45) is 5.92 Å². The van der Waals surface area contributed by atoms with Crippen LogP contribution in [0.25, 0.3) is 0 Å². The lowest BCUT2D eigenvalue weighted by Crippen LogP contribution is -2.38. The molecule has 106 valence electrons. The van der Waals surface area contributed by atoms with E-state index in [2.05, 4.69) is 26.1 Å². The van der Waals surface area contributed by atoms with Crippen LogP contribution in [-0.4, -0.2) is 43.3 Å². The molecule has 1 N–H and O–H groups in total. The molecule has 4 nitrogen and oxygen atoms in total. The van der Waals surface area contributed by atoms with Crippen LogP contribution in [0.4, 0.5) is 0 Å². The molecular formula is C14H28N2O2. The standard InChI is InChI=1S/C14H28N2O2/c1-5-7-13-15-12(10-11(2)3)14(17)16(13)8-6-9-18-4/h11-13,15H,5-10H2,1-4H3. The number of methoxy groups -OCH3 is 1. The van der Waals surface area contributed by atoms with Gasteiger partial charge in [0.15, 0.2) is 0 Å². The molecule has 0 aromatic heterocycles. The van der Waals surface area contributed by atoms with E-state index in [9.17, 15) is 4.79 Å². The molecule has 1 amide bonds. The topological polar surface area (TPSA) is 41.6 Å². The van der Waals surface area contributed by atoms with E-state index in [1.807, 2.05) is 4.90 Å². The van der Waals surface area contributed by atoms with Crippen LogP contribution < -0.4 is 5.32 Å². The Balaban J connectivity index is 2.56. The number of ether oxygens (including phenoxy) is 1. The van der Waals surface area contributed by atoms with Crippen molar-refractivity contribution in [3.8, 4) is 0 Å². The van der Waals surface area contributed by atoms with Crippen molar-refractivity contribution >= 4 is 5.91 Å². The zero-order valence-corrected chi connectivity index (χ0v) is 12.2. The molecule has 4 heteroatoms. The molecule has 0 saturated carbocycles.